The molecule has 3 nitrogen and oxygen atoms in total. The highest BCUT2D eigenvalue weighted by molar-refractivity contribution is 5.81. The molecule has 1 aromatic heterocycles. The predicted molar refractivity (Wildman–Crippen MR) is 85.0 cm³/mol. The van der Waals surface area contributed by atoms with Crippen LogP contribution < -0.4 is 5.32 Å². The Morgan fingerprint density at radius 1 is 1.14 bits per heavy atom. The van der Waals surface area contributed by atoms with Gasteiger partial charge in [0.25, 0.3) is 0 Å². The third kappa shape index (κ3) is 2.67. The maximum Gasteiger partial charge on any atom is 0.0995 e. The van der Waals surface area contributed by atoms with Gasteiger partial charge >= 0.3 is 0 Å². The number of hydrogen-bond donors (Lipinski definition) is 1. The third-order valence-electron chi connectivity index (χ3n) is 3.70. The van der Waals surface area contributed by atoms with Crippen LogP contribution in [0.3, 0.4) is 0 Å². The minimum Gasteiger partial charge on any atom is -0.343 e. The van der Waals surface area contributed by atoms with Crippen molar-refractivity contribution in [2.75, 3.05) is 7.05 Å². The van der Waals surface area contributed by atoms with Crippen LogP contribution in [0, 0.1) is 11.3 Å². The van der Waals surface area contributed by atoms with Gasteiger partial charge in [0.1, 0.15) is 0 Å². The maximum absolute atomic E-state index is 9.21. The highest BCUT2D eigenvalue weighted by Crippen LogP contribution is 2.20. The van der Waals surface area contributed by atoms with Crippen molar-refractivity contribution in [3.05, 3.63) is 71.4 Å². The number of nitrogens with one attached hydrogen (secondary N) is 1. The lowest BCUT2D eigenvalue weighted by molar-refractivity contribution is 0.812. The van der Waals surface area contributed by atoms with E-state index in [0.717, 1.165) is 24.2 Å². The molecule has 2 aromatic carbocycles. The molecule has 0 atom stereocenters. The average Bonchev–Trinajstić information content (AvgIpc) is 2.91. The van der Waals surface area contributed by atoms with Gasteiger partial charge in [-0.05, 0) is 41.8 Å². The van der Waals surface area contributed by atoms with Crippen molar-refractivity contribution in [2.45, 2.75) is 13.1 Å². The molecular formula is C18H17N3. The molecule has 3 aromatic rings. The first-order valence-corrected chi connectivity index (χ1v) is 7.02. The number of rotatable bonds is 4. The van der Waals surface area contributed by atoms with Gasteiger partial charge in [-0.15, -0.1) is 0 Å². The molecular weight excluding hydrogens is 258 g/mol. The second-order valence-corrected chi connectivity index (χ2v) is 5.14. The summed E-state index contributed by atoms with van der Waals surface area (Å²) in [6.07, 6.45) is 2.09. The lowest BCUT2D eigenvalue weighted by Crippen LogP contribution is -2.05. The zero-order chi connectivity index (χ0) is 14.7. The first-order chi connectivity index (χ1) is 10.3. The number of hydrogen-bond acceptors (Lipinski definition) is 2. The van der Waals surface area contributed by atoms with Crippen LogP contribution in [-0.4, -0.2) is 11.6 Å². The lowest BCUT2D eigenvalue weighted by Gasteiger charge is -2.08. The summed E-state index contributed by atoms with van der Waals surface area (Å²) in [5.74, 6) is 0. The summed E-state index contributed by atoms with van der Waals surface area (Å²) < 4.78 is 2.20. The third-order valence-corrected chi connectivity index (χ3v) is 3.70. The van der Waals surface area contributed by atoms with E-state index in [1.807, 2.05) is 31.3 Å². The molecule has 0 spiro atoms. The first-order valence-electron chi connectivity index (χ1n) is 7.02. The van der Waals surface area contributed by atoms with Gasteiger partial charge in [-0.3, -0.25) is 0 Å². The summed E-state index contributed by atoms with van der Waals surface area (Å²) in [5, 5.41) is 13.6. The number of nitrogens with zero attached hydrogens (tertiary/aromatic N) is 2. The molecule has 1 heterocycles. The molecule has 0 bridgehead atoms. The Morgan fingerprint density at radius 3 is 2.81 bits per heavy atom. The van der Waals surface area contributed by atoms with Crippen molar-refractivity contribution in [1.82, 2.24) is 9.88 Å². The average molecular weight is 275 g/mol. The summed E-state index contributed by atoms with van der Waals surface area (Å²) in [6.45, 7) is 1.58. The Kier molecular flexibility index (Phi) is 3.72. The summed E-state index contributed by atoms with van der Waals surface area (Å²) in [5.41, 5.74) is 4.26. The van der Waals surface area contributed by atoms with Gasteiger partial charge in [0.15, 0.2) is 0 Å². The van der Waals surface area contributed by atoms with Crippen LogP contribution >= 0.6 is 0 Å². The Labute approximate surface area is 124 Å². The fourth-order valence-electron chi connectivity index (χ4n) is 2.63. The van der Waals surface area contributed by atoms with E-state index in [1.54, 1.807) is 0 Å². The van der Waals surface area contributed by atoms with E-state index in [9.17, 15) is 5.26 Å². The number of benzene rings is 2. The molecule has 0 radical (unpaired) electrons. The van der Waals surface area contributed by atoms with Crippen molar-refractivity contribution in [2.24, 2.45) is 0 Å². The standard InChI is InChI=1S/C18H17N3/c1-20-12-14-6-7-15-8-9-21(18(15)10-14)13-17-5-3-2-4-16(17)11-19/h2-10,20H,12-13H2,1H3. The summed E-state index contributed by atoms with van der Waals surface area (Å²) >= 11 is 0. The summed E-state index contributed by atoms with van der Waals surface area (Å²) in [6, 6.07) is 18.7. The monoisotopic (exact) mass is 275 g/mol. The van der Waals surface area contributed by atoms with Gasteiger partial charge < -0.3 is 9.88 Å². The smallest absolute Gasteiger partial charge is 0.0995 e. The summed E-state index contributed by atoms with van der Waals surface area (Å²) in [7, 11) is 1.95. The highest BCUT2D eigenvalue weighted by atomic mass is 15.0. The zero-order valence-electron chi connectivity index (χ0n) is 12.0. The molecule has 1 N–H and O–H groups in total. The molecule has 0 unspecified atom stereocenters. The molecule has 0 fully saturated rings. The van der Waals surface area contributed by atoms with Gasteiger partial charge in [-0.2, -0.15) is 5.26 Å². The minimum atomic E-state index is 0.718. The van der Waals surface area contributed by atoms with Gasteiger partial charge in [0.2, 0.25) is 0 Å². The molecule has 0 aliphatic heterocycles. The topological polar surface area (TPSA) is 40.8 Å². The molecule has 0 saturated heterocycles. The Morgan fingerprint density at radius 2 is 2.00 bits per heavy atom. The van der Waals surface area contributed by atoms with Gasteiger partial charge in [-0.1, -0.05) is 30.3 Å². The van der Waals surface area contributed by atoms with E-state index < -0.39 is 0 Å². The maximum atomic E-state index is 9.21. The van der Waals surface area contributed by atoms with Gasteiger partial charge in [-0.25, -0.2) is 0 Å². The van der Waals surface area contributed by atoms with Crippen LogP contribution in [-0.2, 0) is 13.1 Å². The van der Waals surface area contributed by atoms with E-state index in [2.05, 4.69) is 46.4 Å². The zero-order valence-corrected chi connectivity index (χ0v) is 12.0. The largest absolute Gasteiger partial charge is 0.343 e. The van der Waals surface area contributed by atoms with Crippen LogP contribution in [0.2, 0.25) is 0 Å². The van der Waals surface area contributed by atoms with Crippen LogP contribution in [0.25, 0.3) is 10.9 Å². The molecule has 0 saturated carbocycles. The Bertz CT molecular complexity index is 809. The van der Waals surface area contributed by atoms with Crippen molar-refractivity contribution < 1.29 is 0 Å². The van der Waals surface area contributed by atoms with E-state index in [0.29, 0.717) is 0 Å². The predicted octanol–water partition coefficient (Wildman–Crippen LogP) is 3.28. The van der Waals surface area contributed by atoms with E-state index in [1.165, 1.54) is 16.5 Å². The second-order valence-electron chi connectivity index (χ2n) is 5.14. The van der Waals surface area contributed by atoms with Crippen LogP contribution in [0.15, 0.2) is 54.7 Å². The highest BCUT2D eigenvalue weighted by Gasteiger charge is 2.06. The Balaban J connectivity index is 2.00. The summed E-state index contributed by atoms with van der Waals surface area (Å²) in [4.78, 5) is 0. The van der Waals surface area contributed by atoms with Crippen molar-refractivity contribution in [1.29, 1.82) is 5.26 Å². The second kappa shape index (κ2) is 5.82. The van der Waals surface area contributed by atoms with Gasteiger partial charge in [0, 0.05) is 24.8 Å². The fourth-order valence-corrected chi connectivity index (χ4v) is 2.63. The molecule has 3 rings (SSSR count). The lowest BCUT2D eigenvalue weighted by atomic mass is 10.1. The number of aromatic nitrogens is 1. The minimum absolute atomic E-state index is 0.718. The quantitative estimate of drug-likeness (QED) is 0.794. The normalized spacial score (nSPS) is 10.7. The molecule has 21 heavy (non-hydrogen) atoms. The van der Waals surface area contributed by atoms with Crippen LogP contribution in [0.4, 0.5) is 0 Å². The van der Waals surface area contributed by atoms with Crippen molar-refractivity contribution in [3.63, 3.8) is 0 Å². The van der Waals surface area contributed by atoms with E-state index >= 15 is 0 Å². The van der Waals surface area contributed by atoms with Crippen LogP contribution in [0.5, 0.6) is 0 Å². The number of fused-ring (bicyclic) bond motifs is 1. The molecule has 3 heteroatoms. The van der Waals surface area contributed by atoms with Crippen LogP contribution in [0.1, 0.15) is 16.7 Å². The fraction of sp³-hybridized carbons (Fsp3) is 0.167. The molecule has 0 aliphatic carbocycles. The molecule has 0 aliphatic rings. The van der Waals surface area contributed by atoms with Gasteiger partial charge in [0.05, 0.1) is 11.6 Å². The Hall–Kier alpha value is -2.57. The SMILES string of the molecule is CNCc1ccc2ccn(Cc3ccccc3C#N)c2c1. The van der Waals surface area contributed by atoms with E-state index in [4.69, 9.17) is 0 Å². The molecule has 0 amide bonds. The van der Waals surface area contributed by atoms with Crippen molar-refractivity contribution >= 4 is 10.9 Å². The molecule has 104 valence electrons. The number of nitriles is 1. The van der Waals surface area contributed by atoms with E-state index in [-0.39, 0.29) is 0 Å². The first kappa shape index (κ1) is 13.4. The van der Waals surface area contributed by atoms with Crippen molar-refractivity contribution in [3.8, 4) is 6.07 Å².